The minimum atomic E-state index is 0. The van der Waals surface area contributed by atoms with Crippen LogP contribution in [0.25, 0.3) is 0 Å². The van der Waals surface area contributed by atoms with Crippen molar-refractivity contribution < 1.29 is 131 Å². The van der Waals surface area contributed by atoms with E-state index in [1.165, 1.54) is 12.2 Å². The van der Waals surface area contributed by atoms with Gasteiger partial charge in [0, 0.05) is 131 Å². The maximum absolute atomic E-state index is 4.72. The monoisotopic (exact) mass is 408 g/mol. The summed E-state index contributed by atoms with van der Waals surface area (Å²) in [6, 6.07) is 0. The van der Waals surface area contributed by atoms with Crippen molar-refractivity contribution in [2.24, 2.45) is 0 Å². The predicted octanol–water partition coefficient (Wildman–Crippen LogP) is 0.955. The number of hydrogen-bond acceptors (Lipinski definition) is 0. The maximum Gasteiger partial charge on any atom is 0 e. The van der Waals surface area contributed by atoms with E-state index in [2.05, 4.69) is 0 Å². The molecule has 4 radical (unpaired) electrons. The summed E-state index contributed by atoms with van der Waals surface area (Å²) in [5.41, 5.74) is 0. The first kappa shape index (κ1) is 29.7. The molecule has 0 atom stereocenters. The zero-order valence-electron chi connectivity index (χ0n) is 4.62. The van der Waals surface area contributed by atoms with Crippen molar-refractivity contribution in [1.29, 1.82) is 0 Å². The Kier molecular flexibility index (Phi) is 114. The SMILES string of the molecule is [CH-]=CC=[CH-].[Y].[Y].[Y].[Y]. The summed E-state index contributed by atoms with van der Waals surface area (Å²) < 4.78 is 0. The summed E-state index contributed by atoms with van der Waals surface area (Å²) in [5.74, 6) is 0. The minimum Gasteiger partial charge on any atom is -0.394 e. The second-order valence-corrected chi connectivity index (χ2v) is 0.385. The van der Waals surface area contributed by atoms with Gasteiger partial charge in [0.1, 0.15) is 0 Å². The fourth-order valence-corrected chi connectivity index (χ4v) is 0. The van der Waals surface area contributed by atoms with E-state index >= 15 is 0 Å². The van der Waals surface area contributed by atoms with Gasteiger partial charge in [-0.25, -0.2) is 0 Å². The van der Waals surface area contributed by atoms with E-state index in [1.54, 1.807) is 0 Å². The number of allylic oxidation sites excluding steroid dienone is 2. The van der Waals surface area contributed by atoms with E-state index in [0.29, 0.717) is 0 Å². The molecule has 0 saturated heterocycles. The minimum absolute atomic E-state index is 0. The largest absolute Gasteiger partial charge is 0.394 e. The van der Waals surface area contributed by atoms with Crippen LogP contribution in [0.5, 0.6) is 0 Å². The van der Waals surface area contributed by atoms with Crippen molar-refractivity contribution in [3.8, 4) is 0 Å². The summed E-state index contributed by atoms with van der Waals surface area (Å²) in [5, 5.41) is 0. The molecule has 0 heterocycles. The van der Waals surface area contributed by atoms with Crippen LogP contribution in [0.4, 0.5) is 0 Å². The molecule has 0 unspecified atom stereocenters. The van der Waals surface area contributed by atoms with Crippen LogP contribution in [0, 0.1) is 13.2 Å². The van der Waals surface area contributed by atoms with Crippen molar-refractivity contribution in [2.75, 3.05) is 0 Å². The summed E-state index contributed by atoms with van der Waals surface area (Å²) >= 11 is 0. The molecule has 0 nitrogen and oxygen atoms in total. The summed E-state index contributed by atoms with van der Waals surface area (Å²) in [7, 11) is 0. The fourth-order valence-electron chi connectivity index (χ4n) is 0. The van der Waals surface area contributed by atoms with Crippen LogP contribution >= 0.6 is 0 Å². The van der Waals surface area contributed by atoms with E-state index in [4.69, 9.17) is 13.2 Å². The number of rotatable bonds is 1. The van der Waals surface area contributed by atoms with Crippen molar-refractivity contribution in [3.05, 3.63) is 25.3 Å². The van der Waals surface area contributed by atoms with Gasteiger partial charge in [-0.3, -0.25) is 0 Å². The Balaban J connectivity index is -0.00000000750. The van der Waals surface area contributed by atoms with Gasteiger partial charge in [0.05, 0.1) is 0 Å². The molecule has 0 aromatic heterocycles. The normalized spacial score (nSPS) is 2.50. The van der Waals surface area contributed by atoms with Crippen molar-refractivity contribution in [3.63, 3.8) is 0 Å². The van der Waals surface area contributed by atoms with Crippen LogP contribution in [0.15, 0.2) is 12.2 Å². The van der Waals surface area contributed by atoms with E-state index in [-0.39, 0.29) is 131 Å². The molecular weight excluding hydrogens is 404 g/mol. The average Bonchev–Trinajstić information content (AvgIpc) is 1.37. The van der Waals surface area contributed by atoms with Crippen LogP contribution < -0.4 is 0 Å². The molecule has 0 aliphatic heterocycles. The first-order valence-electron chi connectivity index (χ1n) is 1.00. The Morgan fingerprint density at radius 3 is 0.750 bits per heavy atom. The van der Waals surface area contributed by atoms with Crippen molar-refractivity contribution in [1.82, 2.24) is 0 Å². The molecular formula is C4H4Y4-2. The van der Waals surface area contributed by atoms with Crippen LogP contribution in [0.3, 0.4) is 0 Å². The Labute approximate surface area is 152 Å². The van der Waals surface area contributed by atoms with Crippen LogP contribution in [0.1, 0.15) is 0 Å². The molecule has 0 rings (SSSR count). The molecule has 0 fully saturated rings. The van der Waals surface area contributed by atoms with Gasteiger partial charge in [0.15, 0.2) is 0 Å². The quantitative estimate of drug-likeness (QED) is 0.449. The standard InChI is InChI=1S/C4H4.4Y/c1-3-4-2;;;;/h1-4H;;;;/q-2;;;;. The van der Waals surface area contributed by atoms with Gasteiger partial charge in [0.25, 0.3) is 0 Å². The molecule has 0 N–H and O–H groups in total. The average molecular weight is 408 g/mol. The van der Waals surface area contributed by atoms with E-state index in [0.717, 1.165) is 0 Å². The van der Waals surface area contributed by atoms with E-state index < -0.39 is 0 Å². The van der Waals surface area contributed by atoms with Gasteiger partial charge in [-0.15, -0.1) is 0 Å². The Hall–Kier alpha value is 3.90. The molecule has 0 aliphatic rings. The molecule has 0 aliphatic carbocycles. The summed E-state index contributed by atoms with van der Waals surface area (Å²) in [6.07, 6.45) is 2.56. The van der Waals surface area contributed by atoms with E-state index in [1.807, 2.05) is 0 Å². The topological polar surface area (TPSA) is 0 Å². The first-order valence-corrected chi connectivity index (χ1v) is 1.00. The van der Waals surface area contributed by atoms with Crippen LogP contribution in [-0.2, 0) is 131 Å². The smallest absolute Gasteiger partial charge is 0 e. The number of hydrogen-bond donors (Lipinski definition) is 0. The van der Waals surface area contributed by atoms with Gasteiger partial charge >= 0.3 is 0 Å². The zero-order valence-corrected chi connectivity index (χ0v) is 16.0. The third-order valence-corrected chi connectivity index (χ3v) is 0.111. The van der Waals surface area contributed by atoms with Gasteiger partial charge in [-0.2, -0.15) is 0 Å². The molecule has 0 saturated carbocycles. The molecule has 0 aromatic rings. The third kappa shape index (κ3) is 32.7. The van der Waals surface area contributed by atoms with Crippen molar-refractivity contribution >= 4 is 0 Å². The van der Waals surface area contributed by atoms with Gasteiger partial charge in [0.2, 0.25) is 0 Å². The Morgan fingerprint density at radius 2 is 0.750 bits per heavy atom. The summed E-state index contributed by atoms with van der Waals surface area (Å²) in [6.45, 7) is 9.44. The molecule has 0 amide bonds. The van der Waals surface area contributed by atoms with Crippen LogP contribution in [-0.4, -0.2) is 0 Å². The fraction of sp³-hybridized carbons (Fsp3) is 0. The van der Waals surface area contributed by atoms with E-state index in [9.17, 15) is 0 Å². The molecule has 34 valence electrons. The molecule has 4 heteroatoms. The van der Waals surface area contributed by atoms with Gasteiger partial charge in [-0.05, 0) is 0 Å². The maximum atomic E-state index is 4.72. The third-order valence-electron chi connectivity index (χ3n) is 0.111. The first-order chi connectivity index (χ1) is 1.91. The molecule has 0 bridgehead atoms. The van der Waals surface area contributed by atoms with Crippen LogP contribution in [0.2, 0.25) is 0 Å². The van der Waals surface area contributed by atoms with Gasteiger partial charge in [-0.1, -0.05) is 0 Å². The van der Waals surface area contributed by atoms with Gasteiger partial charge < -0.3 is 25.3 Å². The second kappa shape index (κ2) is 30.7. The molecule has 0 spiro atoms. The predicted molar refractivity (Wildman–Crippen MR) is 17.7 cm³/mol. The second-order valence-electron chi connectivity index (χ2n) is 0.385. The Morgan fingerprint density at radius 1 is 0.625 bits per heavy atom. The molecule has 8 heavy (non-hydrogen) atoms. The Bertz CT molecular complexity index is 29.0. The zero-order chi connectivity index (χ0) is 3.41. The summed E-state index contributed by atoms with van der Waals surface area (Å²) in [4.78, 5) is 0. The molecule has 0 aromatic carbocycles. The van der Waals surface area contributed by atoms with Crippen molar-refractivity contribution in [2.45, 2.75) is 0 Å².